The summed E-state index contributed by atoms with van der Waals surface area (Å²) < 4.78 is 5.97. The van der Waals surface area contributed by atoms with E-state index in [9.17, 15) is 14.4 Å². The van der Waals surface area contributed by atoms with E-state index in [0.29, 0.717) is 31.9 Å². The Kier molecular flexibility index (Phi) is 6.25. The van der Waals surface area contributed by atoms with Crippen molar-refractivity contribution < 1.29 is 19.1 Å². The number of carbonyl (C=O) groups is 3. The van der Waals surface area contributed by atoms with Crippen LogP contribution in [0.1, 0.15) is 28.9 Å². The van der Waals surface area contributed by atoms with E-state index in [-0.39, 0.29) is 30.3 Å². The third-order valence-corrected chi connectivity index (χ3v) is 5.78. The first-order valence-corrected chi connectivity index (χ1v) is 10.7. The summed E-state index contributed by atoms with van der Waals surface area (Å²) in [6.07, 6.45) is 2.87. The average Bonchev–Trinajstić information content (AvgIpc) is 3.14. The number of amides is 4. The van der Waals surface area contributed by atoms with Crippen molar-refractivity contribution in [1.82, 2.24) is 14.8 Å². The number of ether oxygens (including phenoxy) is 1. The minimum Gasteiger partial charge on any atom is -0.488 e. The number of hydrogen-bond acceptors (Lipinski definition) is 5. The van der Waals surface area contributed by atoms with Gasteiger partial charge in [-0.25, -0.2) is 4.79 Å². The van der Waals surface area contributed by atoms with Gasteiger partial charge in [0.15, 0.2) is 0 Å². The highest BCUT2D eigenvalue weighted by Gasteiger charge is 2.33. The minimum absolute atomic E-state index is 0.0506. The largest absolute Gasteiger partial charge is 0.488 e. The molecule has 0 bridgehead atoms. The number of hydrogen-bond donors (Lipinski definition) is 1. The molecule has 1 unspecified atom stereocenters. The van der Waals surface area contributed by atoms with Gasteiger partial charge >= 0.3 is 6.03 Å². The molecule has 9 nitrogen and oxygen atoms in total. The Hall–Kier alpha value is -3.62. The van der Waals surface area contributed by atoms with Gasteiger partial charge in [0.1, 0.15) is 24.1 Å². The lowest BCUT2D eigenvalue weighted by Gasteiger charge is -2.33. The number of nitrogens with two attached hydrogens (primary N) is 1. The van der Waals surface area contributed by atoms with Crippen molar-refractivity contribution in [1.29, 1.82) is 0 Å². The fourth-order valence-corrected chi connectivity index (χ4v) is 4.03. The number of nitrogens with zero attached hydrogens (tertiary/aromatic N) is 4. The molecule has 2 aliphatic rings. The Morgan fingerprint density at radius 1 is 1.16 bits per heavy atom. The zero-order valence-electron chi connectivity index (χ0n) is 18.1. The highest BCUT2D eigenvalue weighted by atomic mass is 16.5. The molecule has 2 aliphatic heterocycles. The SMILES string of the molecule is Cc1ccc(N2CCN(CC(=O)N3CCCC(Oc4ccnc(C(N)=O)c4)C3)C2=O)cc1. The van der Waals surface area contributed by atoms with Gasteiger partial charge in [0, 0.05) is 37.6 Å². The number of anilines is 1. The molecule has 2 aromatic rings. The van der Waals surface area contributed by atoms with Gasteiger partial charge in [-0.3, -0.25) is 19.5 Å². The molecule has 168 valence electrons. The first-order chi connectivity index (χ1) is 15.4. The normalized spacial score (nSPS) is 18.7. The van der Waals surface area contributed by atoms with Crippen molar-refractivity contribution >= 4 is 23.5 Å². The maximum absolute atomic E-state index is 12.9. The molecule has 0 radical (unpaired) electrons. The predicted octanol–water partition coefficient (Wildman–Crippen LogP) is 1.80. The van der Waals surface area contributed by atoms with Crippen molar-refractivity contribution in [3.8, 4) is 5.75 Å². The third kappa shape index (κ3) is 4.82. The van der Waals surface area contributed by atoms with Crippen LogP contribution in [0.25, 0.3) is 0 Å². The Balaban J connectivity index is 1.33. The molecular weight excluding hydrogens is 410 g/mol. The second-order valence-electron chi connectivity index (χ2n) is 8.15. The molecule has 1 atom stereocenters. The molecule has 0 aliphatic carbocycles. The van der Waals surface area contributed by atoms with Gasteiger partial charge in [-0.1, -0.05) is 17.7 Å². The van der Waals surface area contributed by atoms with Crippen molar-refractivity contribution in [3.63, 3.8) is 0 Å². The topological polar surface area (TPSA) is 109 Å². The molecule has 2 fully saturated rings. The summed E-state index contributed by atoms with van der Waals surface area (Å²) in [5, 5.41) is 0. The summed E-state index contributed by atoms with van der Waals surface area (Å²) >= 11 is 0. The number of rotatable bonds is 6. The number of primary amides is 1. The van der Waals surface area contributed by atoms with E-state index >= 15 is 0 Å². The van der Waals surface area contributed by atoms with Crippen LogP contribution >= 0.6 is 0 Å². The van der Waals surface area contributed by atoms with E-state index in [1.54, 1.807) is 20.8 Å². The van der Waals surface area contributed by atoms with Crippen LogP contribution in [0, 0.1) is 6.92 Å². The van der Waals surface area contributed by atoms with Crippen LogP contribution in [-0.4, -0.2) is 71.5 Å². The molecule has 2 N–H and O–H groups in total. The monoisotopic (exact) mass is 437 g/mol. The predicted molar refractivity (Wildman–Crippen MR) is 118 cm³/mol. The molecule has 0 spiro atoms. The molecule has 3 heterocycles. The quantitative estimate of drug-likeness (QED) is 0.741. The summed E-state index contributed by atoms with van der Waals surface area (Å²) in [6.45, 7) is 4.18. The van der Waals surface area contributed by atoms with Gasteiger partial charge in [0.05, 0.1) is 6.54 Å². The third-order valence-electron chi connectivity index (χ3n) is 5.78. The number of aromatic nitrogens is 1. The zero-order valence-corrected chi connectivity index (χ0v) is 18.1. The van der Waals surface area contributed by atoms with Crippen LogP contribution in [-0.2, 0) is 4.79 Å². The second-order valence-corrected chi connectivity index (χ2v) is 8.15. The lowest BCUT2D eigenvalue weighted by Crippen LogP contribution is -2.48. The molecule has 4 rings (SSSR count). The van der Waals surface area contributed by atoms with E-state index in [1.807, 2.05) is 31.2 Å². The highest BCUT2D eigenvalue weighted by Crippen LogP contribution is 2.22. The smallest absolute Gasteiger partial charge is 0.325 e. The lowest BCUT2D eigenvalue weighted by molar-refractivity contribution is -0.134. The summed E-state index contributed by atoms with van der Waals surface area (Å²) in [4.78, 5) is 46.0. The first kappa shape index (κ1) is 21.6. The van der Waals surface area contributed by atoms with Crippen molar-refractivity contribution in [2.75, 3.05) is 37.6 Å². The van der Waals surface area contributed by atoms with E-state index in [1.165, 1.54) is 12.3 Å². The van der Waals surface area contributed by atoms with E-state index in [4.69, 9.17) is 10.5 Å². The van der Waals surface area contributed by atoms with E-state index < -0.39 is 5.91 Å². The van der Waals surface area contributed by atoms with Crippen molar-refractivity contribution in [2.45, 2.75) is 25.9 Å². The average molecular weight is 438 g/mol. The maximum atomic E-state index is 12.9. The second kappa shape index (κ2) is 9.25. The molecule has 0 saturated carbocycles. The molecule has 2 saturated heterocycles. The van der Waals surface area contributed by atoms with Crippen LogP contribution in [0.15, 0.2) is 42.6 Å². The Bertz CT molecular complexity index is 1010. The Morgan fingerprint density at radius 3 is 2.69 bits per heavy atom. The summed E-state index contributed by atoms with van der Waals surface area (Å²) in [7, 11) is 0. The first-order valence-electron chi connectivity index (χ1n) is 10.7. The van der Waals surface area contributed by atoms with Gasteiger partial charge in [0.25, 0.3) is 5.91 Å². The van der Waals surface area contributed by atoms with E-state index in [2.05, 4.69) is 4.98 Å². The number of aryl methyl sites for hydroxylation is 1. The highest BCUT2D eigenvalue weighted by molar-refractivity contribution is 5.96. The van der Waals surface area contributed by atoms with Crippen LogP contribution in [0.2, 0.25) is 0 Å². The van der Waals surface area contributed by atoms with E-state index in [0.717, 1.165) is 24.1 Å². The molecule has 4 amide bonds. The maximum Gasteiger partial charge on any atom is 0.325 e. The molecule has 9 heteroatoms. The van der Waals surface area contributed by atoms with Gasteiger partial charge in [-0.2, -0.15) is 0 Å². The van der Waals surface area contributed by atoms with Gasteiger partial charge < -0.3 is 20.3 Å². The fraction of sp³-hybridized carbons (Fsp3) is 0.391. The number of carbonyl (C=O) groups excluding carboxylic acids is 3. The Morgan fingerprint density at radius 2 is 1.94 bits per heavy atom. The minimum atomic E-state index is -0.620. The van der Waals surface area contributed by atoms with Crippen LogP contribution in [0.5, 0.6) is 5.75 Å². The molecule has 1 aromatic carbocycles. The number of urea groups is 1. The number of benzene rings is 1. The number of pyridine rings is 1. The molecule has 32 heavy (non-hydrogen) atoms. The van der Waals surface area contributed by atoms with Crippen LogP contribution in [0.4, 0.5) is 10.5 Å². The number of piperidine rings is 1. The fourth-order valence-electron chi connectivity index (χ4n) is 4.03. The van der Waals surface area contributed by atoms with Crippen LogP contribution < -0.4 is 15.4 Å². The number of likely N-dealkylation sites (tertiary alicyclic amines) is 1. The standard InChI is InChI=1S/C23H27N5O4/c1-16-4-6-17(7-5-16)28-12-11-27(23(28)31)15-21(29)26-10-2-3-19(14-26)32-18-8-9-25-20(13-18)22(24)30/h4-9,13,19H,2-3,10-12,14-15H2,1H3,(H2,24,30). The molecule has 1 aromatic heterocycles. The zero-order chi connectivity index (χ0) is 22.7. The van der Waals surface area contributed by atoms with Gasteiger partial charge in [-0.15, -0.1) is 0 Å². The summed E-state index contributed by atoms with van der Waals surface area (Å²) in [6, 6.07) is 10.8. The Labute approximate surface area is 186 Å². The summed E-state index contributed by atoms with van der Waals surface area (Å²) in [5.74, 6) is -0.215. The van der Waals surface area contributed by atoms with Gasteiger partial charge in [-0.05, 0) is 38.0 Å². The molecular formula is C23H27N5O4. The van der Waals surface area contributed by atoms with Crippen molar-refractivity contribution in [3.05, 3.63) is 53.9 Å². The lowest BCUT2D eigenvalue weighted by atomic mass is 10.1. The summed E-state index contributed by atoms with van der Waals surface area (Å²) in [5.41, 5.74) is 7.38. The van der Waals surface area contributed by atoms with Crippen LogP contribution in [0.3, 0.4) is 0 Å². The van der Waals surface area contributed by atoms with Crippen molar-refractivity contribution in [2.24, 2.45) is 5.73 Å². The van der Waals surface area contributed by atoms with Gasteiger partial charge in [0.2, 0.25) is 5.91 Å².